The van der Waals surface area contributed by atoms with Gasteiger partial charge in [-0.3, -0.25) is 47.3 Å². The highest BCUT2D eigenvalue weighted by Crippen LogP contribution is 2.62. The molecule has 5 saturated carbocycles. The Morgan fingerprint density at radius 3 is 1.51 bits per heavy atom. The molecule has 0 saturated heterocycles. The van der Waals surface area contributed by atoms with E-state index in [1.165, 1.54) is 72.2 Å². The summed E-state index contributed by atoms with van der Waals surface area (Å²) >= 11 is 11.7. The minimum absolute atomic E-state index is 0.000457. The van der Waals surface area contributed by atoms with Crippen molar-refractivity contribution in [1.29, 1.82) is 0 Å². The molecule has 28 nitrogen and oxygen atoms in total. The lowest BCUT2D eigenvalue weighted by Gasteiger charge is -2.31. The minimum atomic E-state index is -5.99. The second kappa shape index (κ2) is 43.0. The number of Topliss-reactive ketones (excluding diaryl/α,β-unsaturated/α-hetero) is 5. The molecule has 5 aliphatic rings. The number of hydrogen-bond donors (Lipinski definition) is 0. The molecule has 9 rings (SSSR count). The number of hydrogen-bond acceptors (Lipinski definition) is 27. The van der Waals surface area contributed by atoms with E-state index >= 15 is 0 Å². The molecule has 0 aliphatic heterocycles. The van der Waals surface area contributed by atoms with Crippen LogP contribution in [0, 0.1) is 36.2 Å². The SMILES string of the molecule is CC(=O)/C(C)=N\OC(=O)C1CCCCC1.CC(=O)/C(C)=N\OS(=O)(=O)c1ccccc1.CC(=O)O/N=C1\C(=O)C2(C)CCC1C2(C)C.Cc1ccc(S(=O)(=O)ON=C2CCCC2)cc1.O=C(CN=C1CCCCC1=NCC(=O)c1ccc(Cl)cc1)c1ccc(Cl)cc1.[C-]#[N+]/C(=N/OS(=O)(=O)C(F)(F)F)C(=O)OCC. The zero-order valence-electron chi connectivity index (χ0n) is 61.6. The summed E-state index contributed by atoms with van der Waals surface area (Å²) in [6.45, 7) is 22.7. The van der Waals surface area contributed by atoms with Gasteiger partial charge in [-0.1, -0.05) is 126 Å². The van der Waals surface area contributed by atoms with Crippen molar-refractivity contribution >= 4 is 140 Å². The van der Waals surface area contributed by atoms with E-state index in [-0.39, 0.29) is 98.5 Å². The molecular formula is C73H85Cl2F3N8O20S3. The summed E-state index contributed by atoms with van der Waals surface area (Å²) in [4.78, 5) is 112. The van der Waals surface area contributed by atoms with Crippen LogP contribution >= 0.6 is 23.2 Å². The highest BCUT2D eigenvalue weighted by atomic mass is 35.5. The number of carbonyl (C=O) groups is 8. The first kappa shape index (κ1) is 91.8. The predicted molar refractivity (Wildman–Crippen MR) is 400 cm³/mol. The molecule has 36 heteroatoms. The first-order chi connectivity index (χ1) is 51.1. The van der Waals surface area contributed by atoms with Gasteiger partial charge in [-0.05, 0) is 183 Å². The molecule has 4 aromatic carbocycles. The maximum Gasteiger partial charge on any atom is 0.538 e. The molecule has 0 heterocycles. The summed E-state index contributed by atoms with van der Waals surface area (Å²) < 4.78 is 119. The number of alkyl halides is 3. The third-order valence-electron chi connectivity index (χ3n) is 17.5. The number of ether oxygens (including phenoxy) is 1. The van der Waals surface area contributed by atoms with Crippen molar-refractivity contribution in [3.05, 3.63) is 141 Å². The van der Waals surface area contributed by atoms with Gasteiger partial charge in [0, 0.05) is 53.3 Å². The van der Waals surface area contributed by atoms with Crippen molar-refractivity contribution in [1.82, 2.24) is 0 Å². The van der Waals surface area contributed by atoms with Crippen LogP contribution in [0.4, 0.5) is 13.2 Å². The lowest BCUT2D eigenvalue weighted by molar-refractivity contribution is -0.149. The quantitative estimate of drug-likeness (QED) is 0.0116. The number of ketones is 5. The Hall–Kier alpha value is -9.56. The number of esters is 1. The fourth-order valence-electron chi connectivity index (χ4n) is 10.6. The normalized spacial score (nSPS) is 18.8. The Bertz CT molecular complexity index is 4460. The average molecular weight is 1620 g/mol. The van der Waals surface area contributed by atoms with Gasteiger partial charge in [0.15, 0.2) is 28.9 Å². The number of fused-ring (bicyclic) bond motifs is 2. The maximum atomic E-state index is 12.3. The number of oxime groups is 5. The summed E-state index contributed by atoms with van der Waals surface area (Å²) in [5.41, 5.74) is -0.755. The molecule has 0 amide bonds. The number of benzene rings is 4. The summed E-state index contributed by atoms with van der Waals surface area (Å²) in [5, 5.41) is 17.7. The Kier molecular flexibility index (Phi) is 36.2. The fourth-order valence-corrected chi connectivity index (χ4v) is 12.6. The summed E-state index contributed by atoms with van der Waals surface area (Å²) in [6, 6.07) is 27.7. The number of halogens is 5. The summed E-state index contributed by atoms with van der Waals surface area (Å²) in [6.07, 6.45) is 14.4. The molecule has 5 fully saturated rings. The van der Waals surface area contributed by atoms with Crippen LogP contribution in [-0.4, -0.2) is 137 Å². The zero-order chi connectivity index (χ0) is 81.5. The highest BCUT2D eigenvalue weighted by Gasteiger charge is 2.65. The van der Waals surface area contributed by atoms with Gasteiger partial charge >= 0.3 is 59.6 Å². The number of amidine groups is 1. The smallest absolute Gasteiger partial charge is 0.470 e. The van der Waals surface area contributed by atoms with Gasteiger partial charge in [0.1, 0.15) is 40.0 Å². The van der Waals surface area contributed by atoms with Crippen LogP contribution in [0.15, 0.2) is 149 Å². The van der Waals surface area contributed by atoms with Crippen molar-refractivity contribution in [3.8, 4) is 0 Å². The number of aryl methyl sites for hydroxylation is 1. The topological polar surface area (TPSA) is 385 Å². The molecule has 590 valence electrons. The molecule has 2 atom stereocenters. The Labute approximate surface area is 641 Å². The third kappa shape index (κ3) is 29.1. The van der Waals surface area contributed by atoms with Crippen molar-refractivity contribution < 1.29 is 104 Å². The molecule has 0 N–H and O–H groups in total. The molecule has 0 radical (unpaired) electrons. The van der Waals surface area contributed by atoms with Crippen LogP contribution in [0.5, 0.6) is 0 Å². The minimum Gasteiger partial charge on any atom is -0.470 e. The number of nitrogens with zero attached hydrogens (tertiary/aromatic N) is 8. The van der Waals surface area contributed by atoms with Gasteiger partial charge < -0.3 is 19.3 Å². The van der Waals surface area contributed by atoms with Gasteiger partial charge in [-0.2, -0.15) is 42.7 Å². The van der Waals surface area contributed by atoms with Crippen molar-refractivity contribution in [2.24, 2.45) is 58.4 Å². The van der Waals surface area contributed by atoms with E-state index in [1.54, 1.807) is 78.9 Å². The van der Waals surface area contributed by atoms with Gasteiger partial charge in [-0.25, -0.2) is 9.59 Å². The summed E-state index contributed by atoms with van der Waals surface area (Å²) in [7, 11) is -13.7. The number of carbonyl (C=O) groups excluding carboxylic acids is 8. The van der Waals surface area contributed by atoms with Crippen molar-refractivity contribution in [2.75, 3.05) is 19.7 Å². The molecular weight excluding hydrogens is 1530 g/mol. The number of rotatable bonds is 20. The Morgan fingerprint density at radius 1 is 0.587 bits per heavy atom. The predicted octanol–water partition coefficient (Wildman–Crippen LogP) is 14.2. The van der Waals surface area contributed by atoms with Crippen LogP contribution in [0.1, 0.15) is 185 Å². The first-order valence-corrected chi connectivity index (χ1v) is 39.0. The van der Waals surface area contributed by atoms with Gasteiger partial charge in [0.05, 0.1) is 34.8 Å². The van der Waals surface area contributed by atoms with Crippen LogP contribution in [0.25, 0.3) is 4.85 Å². The second-order valence-corrected chi connectivity index (χ2v) is 31.1. The molecule has 0 aromatic heterocycles. The molecule has 109 heavy (non-hydrogen) atoms. The van der Waals surface area contributed by atoms with Gasteiger partial charge in [-0.15, -0.1) is 0 Å². The van der Waals surface area contributed by atoms with E-state index < -0.39 is 53.6 Å². The maximum absolute atomic E-state index is 12.3. The second-order valence-electron chi connectivity index (χ2n) is 25.6. The lowest BCUT2D eigenvalue weighted by atomic mass is 9.70. The Morgan fingerprint density at radius 2 is 1.06 bits per heavy atom. The van der Waals surface area contributed by atoms with Crippen LogP contribution in [0.2, 0.25) is 10.0 Å². The van der Waals surface area contributed by atoms with E-state index in [1.807, 2.05) is 13.8 Å². The van der Waals surface area contributed by atoms with Gasteiger partial charge in [0.25, 0.3) is 0 Å². The van der Waals surface area contributed by atoms with E-state index in [2.05, 4.69) is 72.6 Å². The monoisotopic (exact) mass is 1620 g/mol. The van der Waals surface area contributed by atoms with Crippen molar-refractivity contribution in [3.63, 3.8) is 0 Å². The first-order valence-electron chi connectivity index (χ1n) is 34.0. The standard InChI is InChI=1S/C22H20Cl2N2O2.C12H15NO3S.C12H17NO3.C11H17NO3.C10H11NO4S.C6H5F3N2O5S/c23-17-9-5-15(6-10-17)21(27)13-25-19-3-1-2-4-20(19)26-14-22(28)16-7-11-18(24)12-8-16;1-10-6-8-12(9-7-10)17(14,15)16-13-11-4-2-3-5-11;1-7(14)16-13-9-8-5-6-12(4,10(9)15)11(8,2)3;1-8(9(2)13)12-15-11(14)10-6-4-3-5-7-10;1-8(9(2)12)11-15-16(13,14)10-6-4-3-5-7-10;1-3-15-5(12)4(10-2)11-16-17(13,14)6(7,8)9/h5-12H,1-4,13-14H2;6-9H,2-5H2,1H3;8H,5-6H2,1-4H3;10H,3-7H2,1-2H3;3-7H,1-2H3;3H2,1H3/b;;13-9-;12-8-;11-8-;11-4+. The number of aliphatic imine (C=N–C) groups is 2. The molecule has 5 aliphatic carbocycles. The van der Waals surface area contributed by atoms with E-state index in [0.717, 1.165) is 113 Å². The summed E-state index contributed by atoms with van der Waals surface area (Å²) in [5.74, 6) is -3.92. The molecule has 4 aromatic rings. The van der Waals surface area contributed by atoms with E-state index in [0.29, 0.717) is 26.9 Å². The molecule has 2 unspecified atom stereocenters. The fraction of sp³-hybridized carbons (Fsp3) is 0.452. The van der Waals surface area contributed by atoms with Gasteiger partial charge in [0.2, 0.25) is 0 Å². The Balaban J connectivity index is 0.000000281. The lowest BCUT2D eigenvalue weighted by Crippen LogP contribution is -2.33. The molecule has 2 bridgehead atoms. The third-order valence-corrected chi connectivity index (χ3v) is 21.1. The van der Waals surface area contributed by atoms with Crippen LogP contribution < -0.4 is 0 Å². The van der Waals surface area contributed by atoms with E-state index in [9.17, 15) is 76.8 Å². The zero-order valence-corrected chi connectivity index (χ0v) is 65.5. The highest BCUT2D eigenvalue weighted by molar-refractivity contribution is 7.87. The van der Waals surface area contributed by atoms with Crippen molar-refractivity contribution in [2.45, 2.75) is 181 Å². The van der Waals surface area contributed by atoms with Crippen LogP contribution in [-0.2, 0) is 86.4 Å². The van der Waals surface area contributed by atoms with Crippen LogP contribution in [0.3, 0.4) is 0 Å². The van der Waals surface area contributed by atoms with E-state index in [4.69, 9.17) is 38.9 Å². The largest absolute Gasteiger partial charge is 0.538 e. The molecule has 0 spiro atoms. The average Bonchev–Trinajstić information content (AvgIpc) is 1.54.